The van der Waals surface area contributed by atoms with E-state index in [9.17, 15) is 4.79 Å². The van der Waals surface area contributed by atoms with Crippen molar-refractivity contribution < 1.29 is 14.7 Å². The summed E-state index contributed by atoms with van der Waals surface area (Å²) in [5.74, 6) is 0. The zero-order valence-corrected chi connectivity index (χ0v) is 8.33. The zero-order valence-electron chi connectivity index (χ0n) is 8.33. The molecule has 0 radical (unpaired) electrons. The first-order chi connectivity index (χ1) is 7.77. The van der Waals surface area contributed by atoms with E-state index in [2.05, 4.69) is 10.9 Å². The van der Waals surface area contributed by atoms with E-state index < -0.39 is 12.3 Å². The number of amides is 1. The van der Waals surface area contributed by atoms with Crippen LogP contribution in [0.2, 0.25) is 0 Å². The van der Waals surface area contributed by atoms with Gasteiger partial charge >= 0.3 is 6.09 Å². The lowest BCUT2D eigenvalue weighted by Gasteiger charge is -2.25. The van der Waals surface area contributed by atoms with Gasteiger partial charge in [-0.25, -0.2) is 4.79 Å². The summed E-state index contributed by atoms with van der Waals surface area (Å²) in [5, 5.41) is 12.7. The molecule has 0 fully saturated rings. The fourth-order valence-electron chi connectivity index (χ4n) is 1.42. The van der Waals surface area contributed by atoms with E-state index in [0.29, 0.717) is 0 Å². The Hall–Kier alpha value is -2.21. The van der Waals surface area contributed by atoms with Crippen LogP contribution in [0, 0.1) is 0 Å². The third kappa shape index (κ3) is 2.23. The van der Waals surface area contributed by atoms with Crippen molar-refractivity contribution in [3.8, 4) is 0 Å². The number of benzene rings is 1. The Labute approximate surface area is 92.0 Å². The predicted octanol–water partition coefficient (Wildman–Crippen LogP) is 1.18. The van der Waals surface area contributed by atoms with Crippen molar-refractivity contribution in [2.45, 2.75) is 6.17 Å². The molecule has 1 heterocycles. The minimum atomic E-state index is -1.10. The minimum Gasteiger partial charge on any atom is -0.465 e. The lowest BCUT2D eigenvalue weighted by molar-refractivity contribution is 0.00163. The van der Waals surface area contributed by atoms with Crippen LogP contribution in [0.25, 0.3) is 0 Å². The Morgan fingerprint density at radius 3 is 2.75 bits per heavy atom. The Balaban J connectivity index is 2.20. The second-order valence-corrected chi connectivity index (χ2v) is 3.16. The number of hydrogen-bond donors (Lipinski definition) is 3. The highest BCUT2D eigenvalue weighted by atomic mass is 16.7. The largest absolute Gasteiger partial charge is 0.465 e. The molecule has 1 atom stereocenters. The van der Waals surface area contributed by atoms with E-state index in [0.717, 1.165) is 5.56 Å². The topological polar surface area (TPSA) is 73.8 Å². The second-order valence-electron chi connectivity index (χ2n) is 3.16. The predicted molar refractivity (Wildman–Crippen MR) is 55.5 cm³/mol. The van der Waals surface area contributed by atoms with Crippen LogP contribution in [0.5, 0.6) is 0 Å². The second kappa shape index (κ2) is 4.54. The summed E-state index contributed by atoms with van der Waals surface area (Å²) in [5.41, 5.74) is 3.37. The molecule has 84 valence electrons. The van der Waals surface area contributed by atoms with Gasteiger partial charge in [0.1, 0.15) is 12.4 Å². The van der Waals surface area contributed by atoms with E-state index in [4.69, 9.17) is 9.94 Å². The molecule has 0 saturated heterocycles. The molecule has 0 saturated carbocycles. The van der Waals surface area contributed by atoms with Crippen LogP contribution >= 0.6 is 0 Å². The van der Waals surface area contributed by atoms with Crippen molar-refractivity contribution in [3.05, 3.63) is 48.4 Å². The standard InChI is InChI=1S/C10H11N3O3/c14-10(15)11-9(13-6-7-16-12-13)8-4-2-1-3-5-8/h1-7,9,11-12H,(H,14,15). The number of rotatable bonds is 3. The van der Waals surface area contributed by atoms with Crippen molar-refractivity contribution in [2.75, 3.05) is 0 Å². The van der Waals surface area contributed by atoms with Gasteiger partial charge in [-0.2, -0.15) is 0 Å². The van der Waals surface area contributed by atoms with Crippen LogP contribution in [0.4, 0.5) is 4.79 Å². The fraction of sp³-hybridized carbons (Fsp3) is 0.100. The molecule has 0 spiro atoms. The van der Waals surface area contributed by atoms with Gasteiger partial charge in [0, 0.05) is 0 Å². The Morgan fingerprint density at radius 2 is 2.19 bits per heavy atom. The van der Waals surface area contributed by atoms with Crippen LogP contribution in [-0.4, -0.2) is 16.2 Å². The molecule has 0 aliphatic carbocycles. The smallest absolute Gasteiger partial charge is 0.406 e. The third-order valence-electron chi connectivity index (χ3n) is 2.10. The van der Waals surface area contributed by atoms with E-state index >= 15 is 0 Å². The van der Waals surface area contributed by atoms with Gasteiger partial charge in [0.2, 0.25) is 0 Å². The molecule has 1 amide bonds. The van der Waals surface area contributed by atoms with Gasteiger partial charge in [-0.3, -0.25) is 10.3 Å². The van der Waals surface area contributed by atoms with Gasteiger partial charge in [-0.15, -0.1) is 0 Å². The normalized spacial score (nSPS) is 15.6. The summed E-state index contributed by atoms with van der Waals surface area (Å²) < 4.78 is 0. The Kier molecular flexibility index (Phi) is 2.93. The number of carbonyl (C=O) groups is 1. The van der Waals surface area contributed by atoms with Crippen molar-refractivity contribution >= 4 is 6.09 Å². The minimum absolute atomic E-state index is 0.530. The molecule has 0 aromatic heterocycles. The van der Waals surface area contributed by atoms with Crippen molar-refractivity contribution in [1.82, 2.24) is 15.9 Å². The average Bonchev–Trinajstić information content (AvgIpc) is 2.80. The summed E-state index contributed by atoms with van der Waals surface area (Å²) in [6.45, 7) is 0. The number of hydrazine groups is 1. The lowest BCUT2D eigenvalue weighted by Crippen LogP contribution is -2.42. The first-order valence-corrected chi connectivity index (χ1v) is 4.68. The Bertz CT molecular complexity index is 394. The highest BCUT2D eigenvalue weighted by molar-refractivity contribution is 5.65. The maximum Gasteiger partial charge on any atom is 0.406 e. The number of carboxylic acid groups (broad SMARTS) is 1. The quantitative estimate of drug-likeness (QED) is 0.714. The maximum atomic E-state index is 10.7. The van der Waals surface area contributed by atoms with Crippen LogP contribution in [0.1, 0.15) is 11.7 Å². The highest BCUT2D eigenvalue weighted by Gasteiger charge is 2.21. The van der Waals surface area contributed by atoms with E-state index in [-0.39, 0.29) is 0 Å². The summed E-state index contributed by atoms with van der Waals surface area (Å²) >= 11 is 0. The van der Waals surface area contributed by atoms with Crippen LogP contribution in [-0.2, 0) is 4.84 Å². The van der Waals surface area contributed by atoms with Gasteiger partial charge < -0.3 is 9.94 Å². The van der Waals surface area contributed by atoms with Crippen molar-refractivity contribution in [1.29, 1.82) is 0 Å². The molecule has 1 aliphatic heterocycles. The molecule has 6 heteroatoms. The average molecular weight is 221 g/mol. The molecule has 2 rings (SSSR count). The molecule has 1 aromatic carbocycles. The SMILES string of the molecule is O=C(O)NC(c1ccccc1)N1C=CON1. The van der Waals surface area contributed by atoms with Gasteiger partial charge in [0.25, 0.3) is 0 Å². The van der Waals surface area contributed by atoms with Gasteiger partial charge in [0.05, 0.1) is 6.20 Å². The Morgan fingerprint density at radius 1 is 1.44 bits per heavy atom. The molecule has 1 aliphatic rings. The van der Waals surface area contributed by atoms with Crippen LogP contribution in [0.15, 0.2) is 42.8 Å². The number of hydrogen-bond acceptors (Lipinski definition) is 4. The van der Waals surface area contributed by atoms with Crippen LogP contribution in [0.3, 0.4) is 0 Å². The van der Waals surface area contributed by atoms with Crippen molar-refractivity contribution in [2.24, 2.45) is 0 Å². The molecule has 1 unspecified atom stereocenters. The van der Waals surface area contributed by atoms with Crippen LogP contribution < -0.4 is 10.9 Å². The number of nitrogens with one attached hydrogen (secondary N) is 2. The number of nitrogens with zero attached hydrogens (tertiary/aromatic N) is 1. The molecular weight excluding hydrogens is 210 g/mol. The summed E-state index contributed by atoms with van der Waals surface area (Å²) in [4.78, 5) is 15.5. The molecule has 1 aromatic rings. The molecule has 16 heavy (non-hydrogen) atoms. The highest BCUT2D eigenvalue weighted by Crippen LogP contribution is 2.18. The monoisotopic (exact) mass is 221 g/mol. The first-order valence-electron chi connectivity index (χ1n) is 4.68. The molecule has 0 bridgehead atoms. The van der Waals surface area contributed by atoms with E-state index in [1.165, 1.54) is 11.3 Å². The molecule has 3 N–H and O–H groups in total. The third-order valence-corrected chi connectivity index (χ3v) is 2.10. The molecular formula is C10H11N3O3. The molecule has 6 nitrogen and oxygen atoms in total. The summed E-state index contributed by atoms with van der Waals surface area (Å²) in [6, 6.07) is 9.20. The summed E-state index contributed by atoms with van der Waals surface area (Å²) in [6.07, 6.45) is 1.40. The lowest BCUT2D eigenvalue weighted by atomic mass is 10.1. The summed E-state index contributed by atoms with van der Waals surface area (Å²) in [7, 11) is 0. The maximum absolute atomic E-state index is 10.7. The zero-order chi connectivity index (χ0) is 11.4. The van der Waals surface area contributed by atoms with E-state index in [1.54, 1.807) is 6.20 Å². The van der Waals surface area contributed by atoms with E-state index in [1.807, 2.05) is 30.3 Å². The van der Waals surface area contributed by atoms with Gasteiger partial charge in [-0.05, 0) is 5.56 Å². The van der Waals surface area contributed by atoms with Crippen molar-refractivity contribution in [3.63, 3.8) is 0 Å². The fourth-order valence-corrected chi connectivity index (χ4v) is 1.42. The van der Waals surface area contributed by atoms with Gasteiger partial charge in [-0.1, -0.05) is 35.9 Å². The first kappa shape index (κ1) is 10.3. The van der Waals surface area contributed by atoms with Gasteiger partial charge in [0.15, 0.2) is 0 Å².